The van der Waals surface area contributed by atoms with Crippen molar-refractivity contribution in [2.45, 2.75) is 6.54 Å². The molecule has 6 nitrogen and oxygen atoms in total. The first-order valence-corrected chi connectivity index (χ1v) is 7.63. The minimum atomic E-state index is -0.119. The quantitative estimate of drug-likeness (QED) is 0.756. The van der Waals surface area contributed by atoms with Crippen molar-refractivity contribution < 1.29 is 9.53 Å². The van der Waals surface area contributed by atoms with Crippen LogP contribution < -0.4 is 10.1 Å². The molecular weight excluding hydrogens is 304 g/mol. The normalized spacial score (nSPS) is 10.4. The third-order valence-electron chi connectivity index (χ3n) is 3.64. The van der Waals surface area contributed by atoms with Crippen LogP contribution in [0.2, 0.25) is 0 Å². The number of methoxy groups -OCH3 is 1. The number of para-hydroxylation sites is 1. The summed E-state index contributed by atoms with van der Waals surface area (Å²) in [5.41, 5.74) is 2.51. The Morgan fingerprint density at radius 3 is 2.88 bits per heavy atom. The van der Waals surface area contributed by atoms with Crippen LogP contribution >= 0.6 is 0 Å². The number of hydrogen-bond donors (Lipinski definition) is 1. The molecule has 0 atom stereocenters. The minimum Gasteiger partial charge on any atom is -0.496 e. The summed E-state index contributed by atoms with van der Waals surface area (Å²) < 4.78 is 7.06. The zero-order valence-corrected chi connectivity index (χ0v) is 13.3. The number of nitrogens with zero attached hydrogens (tertiary/aromatic N) is 3. The highest BCUT2D eigenvalue weighted by Gasteiger charge is 2.09. The van der Waals surface area contributed by atoms with Gasteiger partial charge in [-0.3, -0.25) is 9.48 Å². The maximum Gasteiger partial charge on any atom is 0.251 e. The number of carbonyl (C=O) groups excluding carboxylic acids is 1. The van der Waals surface area contributed by atoms with E-state index in [9.17, 15) is 4.79 Å². The SMILES string of the molecule is COc1ccccc1-c1cccc(C(=O)NCCn2ccnn2)c1. The zero-order valence-electron chi connectivity index (χ0n) is 13.3. The molecule has 0 saturated carbocycles. The zero-order chi connectivity index (χ0) is 16.8. The number of rotatable bonds is 6. The minimum absolute atomic E-state index is 0.119. The molecule has 3 aromatic rings. The summed E-state index contributed by atoms with van der Waals surface area (Å²) in [6.07, 6.45) is 3.37. The first-order chi connectivity index (χ1) is 11.8. The average molecular weight is 322 g/mol. The second kappa shape index (κ2) is 7.41. The summed E-state index contributed by atoms with van der Waals surface area (Å²) in [6, 6.07) is 15.2. The maximum absolute atomic E-state index is 12.3. The van der Waals surface area contributed by atoms with Gasteiger partial charge in [-0.25, -0.2) is 0 Å². The van der Waals surface area contributed by atoms with Gasteiger partial charge >= 0.3 is 0 Å². The van der Waals surface area contributed by atoms with E-state index < -0.39 is 0 Å². The van der Waals surface area contributed by atoms with Gasteiger partial charge in [0.15, 0.2) is 0 Å². The van der Waals surface area contributed by atoms with Crippen molar-refractivity contribution in [1.82, 2.24) is 20.3 Å². The van der Waals surface area contributed by atoms with E-state index in [1.165, 1.54) is 0 Å². The van der Waals surface area contributed by atoms with Crippen LogP contribution in [-0.2, 0) is 6.54 Å². The molecule has 122 valence electrons. The third kappa shape index (κ3) is 3.60. The number of carbonyl (C=O) groups is 1. The number of amides is 1. The molecule has 3 rings (SSSR count). The second-order valence-electron chi connectivity index (χ2n) is 5.20. The summed E-state index contributed by atoms with van der Waals surface area (Å²) in [5, 5.41) is 10.5. The van der Waals surface area contributed by atoms with Crippen molar-refractivity contribution >= 4 is 5.91 Å². The van der Waals surface area contributed by atoms with Gasteiger partial charge in [0.1, 0.15) is 5.75 Å². The predicted molar refractivity (Wildman–Crippen MR) is 90.8 cm³/mol. The molecule has 1 N–H and O–H groups in total. The molecule has 2 aromatic carbocycles. The smallest absolute Gasteiger partial charge is 0.251 e. The molecule has 0 radical (unpaired) electrons. The average Bonchev–Trinajstić information content (AvgIpc) is 3.15. The number of hydrogen-bond acceptors (Lipinski definition) is 4. The van der Waals surface area contributed by atoms with Crippen LogP contribution in [0.4, 0.5) is 0 Å². The maximum atomic E-state index is 12.3. The van der Waals surface area contributed by atoms with E-state index >= 15 is 0 Å². The highest BCUT2D eigenvalue weighted by atomic mass is 16.5. The van der Waals surface area contributed by atoms with Crippen molar-refractivity contribution in [2.75, 3.05) is 13.7 Å². The van der Waals surface area contributed by atoms with E-state index in [1.54, 1.807) is 30.3 Å². The third-order valence-corrected chi connectivity index (χ3v) is 3.64. The molecule has 0 spiro atoms. The fourth-order valence-electron chi connectivity index (χ4n) is 2.45. The first-order valence-electron chi connectivity index (χ1n) is 7.63. The van der Waals surface area contributed by atoms with Crippen LogP contribution in [0, 0.1) is 0 Å². The molecule has 1 heterocycles. The Morgan fingerprint density at radius 2 is 2.08 bits per heavy atom. The Hall–Kier alpha value is -3.15. The Balaban J connectivity index is 1.71. The molecule has 1 amide bonds. The lowest BCUT2D eigenvalue weighted by Gasteiger charge is -2.10. The van der Waals surface area contributed by atoms with E-state index in [1.807, 2.05) is 42.5 Å². The summed E-state index contributed by atoms with van der Waals surface area (Å²) in [7, 11) is 1.64. The number of benzene rings is 2. The fourth-order valence-corrected chi connectivity index (χ4v) is 2.45. The molecule has 6 heteroatoms. The van der Waals surface area contributed by atoms with Crippen molar-refractivity contribution in [3.8, 4) is 16.9 Å². The van der Waals surface area contributed by atoms with Gasteiger partial charge < -0.3 is 10.1 Å². The fraction of sp³-hybridized carbons (Fsp3) is 0.167. The Kier molecular flexibility index (Phi) is 4.86. The lowest BCUT2D eigenvalue weighted by Crippen LogP contribution is -2.27. The van der Waals surface area contributed by atoms with Crippen molar-refractivity contribution in [2.24, 2.45) is 0 Å². The number of nitrogens with one attached hydrogen (secondary N) is 1. The molecule has 0 aliphatic rings. The second-order valence-corrected chi connectivity index (χ2v) is 5.20. The monoisotopic (exact) mass is 322 g/mol. The van der Waals surface area contributed by atoms with E-state index in [0.717, 1.165) is 16.9 Å². The van der Waals surface area contributed by atoms with E-state index in [2.05, 4.69) is 15.6 Å². The van der Waals surface area contributed by atoms with E-state index in [4.69, 9.17) is 4.74 Å². The van der Waals surface area contributed by atoms with Crippen molar-refractivity contribution in [3.05, 3.63) is 66.5 Å². The van der Waals surface area contributed by atoms with Crippen molar-refractivity contribution in [3.63, 3.8) is 0 Å². The molecule has 0 unspecified atom stereocenters. The van der Waals surface area contributed by atoms with Gasteiger partial charge in [-0.05, 0) is 23.8 Å². The largest absolute Gasteiger partial charge is 0.496 e. The van der Waals surface area contributed by atoms with Crippen LogP contribution in [0.1, 0.15) is 10.4 Å². The van der Waals surface area contributed by atoms with Crippen LogP contribution in [-0.4, -0.2) is 34.6 Å². The standard InChI is InChI=1S/C18H18N4O2/c1-24-17-8-3-2-7-16(17)14-5-4-6-15(13-14)18(23)19-9-11-22-12-10-20-21-22/h2-8,10,12-13H,9,11H2,1H3,(H,19,23). The summed E-state index contributed by atoms with van der Waals surface area (Å²) >= 11 is 0. The summed E-state index contributed by atoms with van der Waals surface area (Å²) in [4.78, 5) is 12.3. The molecule has 24 heavy (non-hydrogen) atoms. The predicted octanol–water partition coefficient (Wildman–Crippen LogP) is 2.38. The van der Waals surface area contributed by atoms with Gasteiger partial charge in [0.25, 0.3) is 5.91 Å². The topological polar surface area (TPSA) is 69.0 Å². The molecule has 0 aliphatic carbocycles. The highest BCUT2D eigenvalue weighted by Crippen LogP contribution is 2.29. The summed E-state index contributed by atoms with van der Waals surface area (Å²) in [6.45, 7) is 1.07. The van der Waals surface area contributed by atoms with Crippen LogP contribution in [0.5, 0.6) is 5.75 Å². The van der Waals surface area contributed by atoms with Crippen LogP contribution in [0.3, 0.4) is 0 Å². The lowest BCUT2D eigenvalue weighted by atomic mass is 10.0. The van der Waals surface area contributed by atoms with Gasteiger partial charge in [0.2, 0.25) is 0 Å². The lowest BCUT2D eigenvalue weighted by molar-refractivity contribution is 0.0952. The Morgan fingerprint density at radius 1 is 1.21 bits per heavy atom. The molecule has 1 aromatic heterocycles. The summed E-state index contributed by atoms with van der Waals surface area (Å²) in [5.74, 6) is 0.660. The Bertz CT molecular complexity index is 815. The van der Waals surface area contributed by atoms with Crippen molar-refractivity contribution in [1.29, 1.82) is 0 Å². The van der Waals surface area contributed by atoms with Crippen LogP contribution in [0.15, 0.2) is 60.9 Å². The van der Waals surface area contributed by atoms with Gasteiger partial charge in [-0.15, -0.1) is 5.10 Å². The molecule has 0 aliphatic heterocycles. The number of ether oxygens (including phenoxy) is 1. The van der Waals surface area contributed by atoms with Crippen LogP contribution in [0.25, 0.3) is 11.1 Å². The van der Waals surface area contributed by atoms with Gasteiger partial charge in [-0.2, -0.15) is 0 Å². The first kappa shape index (κ1) is 15.7. The molecular formula is C18H18N4O2. The molecule has 0 fully saturated rings. The number of aromatic nitrogens is 3. The molecule has 0 bridgehead atoms. The van der Waals surface area contributed by atoms with E-state index in [-0.39, 0.29) is 5.91 Å². The van der Waals surface area contributed by atoms with Gasteiger partial charge in [0, 0.05) is 23.9 Å². The van der Waals surface area contributed by atoms with E-state index in [0.29, 0.717) is 18.7 Å². The Labute approximate surface area is 140 Å². The highest BCUT2D eigenvalue weighted by molar-refractivity contribution is 5.95. The molecule has 0 saturated heterocycles. The van der Waals surface area contributed by atoms with Gasteiger partial charge in [-0.1, -0.05) is 35.5 Å². The van der Waals surface area contributed by atoms with Gasteiger partial charge in [0.05, 0.1) is 19.9 Å².